The SMILES string of the molecule is c1ccc(-c2ccc(-c3nc(-c4ccccc4)nc(-c4cc(-c5nc6ccccc6c6ccccc56)cc5c4oc4c(-c6ccccc6)cccc45)n3)cc2)cc1. The first-order chi connectivity index (χ1) is 28.2. The summed E-state index contributed by atoms with van der Waals surface area (Å²) >= 11 is 0. The van der Waals surface area contributed by atoms with Gasteiger partial charge in [-0.05, 0) is 40.3 Å². The molecule has 11 aromatic rings. The zero-order chi connectivity index (χ0) is 37.7. The number of fused-ring (bicyclic) bond motifs is 6. The predicted molar refractivity (Wildman–Crippen MR) is 233 cm³/mol. The number of para-hydroxylation sites is 2. The maximum absolute atomic E-state index is 7.01. The summed E-state index contributed by atoms with van der Waals surface area (Å²) in [4.78, 5) is 20.9. The molecule has 0 saturated carbocycles. The molecule has 0 aliphatic carbocycles. The Morgan fingerprint density at radius 1 is 0.281 bits per heavy atom. The molecule has 266 valence electrons. The highest BCUT2D eigenvalue weighted by Crippen LogP contribution is 2.43. The highest BCUT2D eigenvalue weighted by Gasteiger charge is 2.22. The third-order valence-corrected chi connectivity index (χ3v) is 10.7. The molecule has 0 aliphatic rings. The van der Waals surface area contributed by atoms with Crippen LogP contribution in [-0.4, -0.2) is 19.9 Å². The van der Waals surface area contributed by atoms with Crippen LogP contribution in [0.3, 0.4) is 0 Å². The van der Waals surface area contributed by atoms with Crippen molar-refractivity contribution in [3.05, 3.63) is 194 Å². The molecule has 8 aromatic carbocycles. The van der Waals surface area contributed by atoms with Crippen molar-refractivity contribution in [2.24, 2.45) is 0 Å². The fourth-order valence-electron chi connectivity index (χ4n) is 7.96. The smallest absolute Gasteiger partial charge is 0.167 e. The number of rotatable bonds is 6. The van der Waals surface area contributed by atoms with Gasteiger partial charge >= 0.3 is 0 Å². The van der Waals surface area contributed by atoms with E-state index in [-0.39, 0.29) is 0 Å². The monoisotopic (exact) mass is 728 g/mol. The van der Waals surface area contributed by atoms with Crippen molar-refractivity contribution in [2.45, 2.75) is 0 Å². The lowest BCUT2D eigenvalue weighted by molar-refractivity contribution is 0.670. The van der Waals surface area contributed by atoms with Crippen LogP contribution in [0.4, 0.5) is 0 Å². The molecular formula is C52H32N4O. The molecule has 3 heterocycles. The molecule has 0 bridgehead atoms. The van der Waals surface area contributed by atoms with Gasteiger partial charge in [-0.2, -0.15) is 0 Å². The maximum Gasteiger partial charge on any atom is 0.167 e. The van der Waals surface area contributed by atoms with Gasteiger partial charge in [-0.3, -0.25) is 0 Å². The van der Waals surface area contributed by atoms with E-state index in [9.17, 15) is 0 Å². The molecule has 0 saturated heterocycles. The Bertz CT molecular complexity index is 3270. The lowest BCUT2D eigenvalue weighted by atomic mass is 9.96. The average Bonchev–Trinajstić information content (AvgIpc) is 3.68. The van der Waals surface area contributed by atoms with E-state index in [1.165, 1.54) is 0 Å². The van der Waals surface area contributed by atoms with E-state index < -0.39 is 0 Å². The van der Waals surface area contributed by atoms with E-state index in [1.807, 2.05) is 48.5 Å². The second-order valence-corrected chi connectivity index (χ2v) is 14.2. The van der Waals surface area contributed by atoms with Crippen LogP contribution < -0.4 is 0 Å². The van der Waals surface area contributed by atoms with Gasteiger partial charge in [0, 0.05) is 43.8 Å². The first kappa shape index (κ1) is 32.7. The Morgan fingerprint density at radius 2 is 0.789 bits per heavy atom. The molecule has 57 heavy (non-hydrogen) atoms. The molecule has 5 heteroatoms. The van der Waals surface area contributed by atoms with Crippen LogP contribution in [-0.2, 0) is 0 Å². The summed E-state index contributed by atoms with van der Waals surface area (Å²) < 4.78 is 7.01. The van der Waals surface area contributed by atoms with Crippen molar-refractivity contribution in [3.8, 4) is 67.7 Å². The van der Waals surface area contributed by atoms with Crippen LogP contribution in [0.1, 0.15) is 0 Å². The Morgan fingerprint density at radius 3 is 1.51 bits per heavy atom. The van der Waals surface area contributed by atoms with Gasteiger partial charge in [-0.1, -0.05) is 176 Å². The minimum Gasteiger partial charge on any atom is -0.455 e. The van der Waals surface area contributed by atoms with E-state index in [2.05, 4.69) is 146 Å². The third kappa shape index (κ3) is 5.72. The fraction of sp³-hybridized carbons (Fsp3) is 0. The van der Waals surface area contributed by atoms with Crippen molar-refractivity contribution in [1.29, 1.82) is 0 Å². The molecule has 5 nitrogen and oxygen atoms in total. The molecule has 0 unspecified atom stereocenters. The molecule has 3 aromatic heterocycles. The van der Waals surface area contributed by atoms with Crippen molar-refractivity contribution in [1.82, 2.24) is 19.9 Å². The van der Waals surface area contributed by atoms with Crippen LogP contribution in [0.2, 0.25) is 0 Å². The van der Waals surface area contributed by atoms with Gasteiger partial charge in [-0.15, -0.1) is 0 Å². The lowest BCUT2D eigenvalue weighted by Crippen LogP contribution is -2.01. The van der Waals surface area contributed by atoms with Crippen molar-refractivity contribution in [3.63, 3.8) is 0 Å². The summed E-state index contributed by atoms with van der Waals surface area (Å²) in [5, 5.41) is 5.31. The summed E-state index contributed by atoms with van der Waals surface area (Å²) in [7, 11) is 0. The molecule has 0 amide bonds. The Balaban J connectivity index is 1.20. The molecule has 0 atom stereocenters. The molecule has 0 radical (unpaired) electrons. The van der Waals surface area contributed by atoms with Crippen LogP contribution in [0.25, 0.3) is 111 Å². The normalized spacial score (nSPS) is 11.5. The average molecular weight is 729 g/mol. The predicted octanol–water partition coefficient (Wildman–Crippen LogP) is 13.5. The van der Waals surface area contributed by atoms with E-state index >= 15 is 0 Å². The number of furan rings is 1. The number of hydrogen-bond donors (Lipinski definition) is 0. The van der Waals surface area contributed by atoms with Gasteiger partial charge in [0.15, 0.2) is 17.5 Å². The lowest BCUT2D eigenvalue weighted by Gasteiger charge is -2.13. The second kappa shape index (κ2) is 13.5. The number of nitrogens with zero attached hydrogens (tertiary/aromatic N) is 4. The van der Waals surface area contributed by atoms with E-state index in [1.54, 1.807) is 0 Å². The Labute approximate surface area is 328 Å². The van der Waals surface area contributed by atoms with Gasteiger partial charge in [0.2, 0.25) is 0 Å². The number of pyridine rings is 1. The molecule has 0 N–H and O–H groups in total. The van der Waals surface area contributed by atoms with Crippen molar-refractivity contribution >= 4 is 43.6 Å². The van der Waals surface area contributed by atoms with Crippen LogP contribution in [0.15, 0.2) is 199 Å². The standard InChI is InChI=1S/C52H32N4O/c1-4-15-33(16-5-1)34-27-29-37(30-28-34)51-54-50(36-19-8-3-9-20-36)55-52(56-51)45-32-38(47-42-23-11-10-21-40(42)41-22-12-13-26-46(41)53-47)31-44-43-25-14-24-39(48(43)57-49(44)45)35-17-6-2-7-18-35/h1-32H. The van der Waals surface area contributed by atoms with E-state index in [0.717, 1.165) is 88.2 Å². The fourth-order valence-corrected chi connectivity index (χ4v) is 7.96. The highest BCUT2D eigenvalue weighted by atomic mass is 16.3. The van der Waals surface area contributed by atoms with Crippen LogP contribution in [0.5, 0.6) is 0 Å². The largest absolute Gasteiger partial charge is 0.455 e. The summed E-state index contributed by atoms with van der Waals surface area (Å²) in [6, 6.07) is 66.8. The van der Waals surface area contributed by atoms with Gasteiger partial charge in [0.05, 0.1) is 16.8 Å². The highest BCUT2D eigenvalue weighted by molar-refractivity contribution is 6.16. The summed E-state index contributed by atoms with van der Waals surface area (Å²) in [5.41, 5.74) is 11.2. The first-order valence-corrected chi connectivity index (χ1v) is 19.1. The van der Waals surface area contributed by atoms with Gasteiger partial charge in [-0.25, -0.2) is 19.9 Å². The molecule has 11 rings (SSSR count). The van der Waals surface area contributed by atoms with Gasteiger partial charge in [0.1, 0.15) is 11.2 Å². The quantitative estimate of drug-likeness (QED) is 0.160. The van der Waals surface area contributed by atoms with Crippen molar-refractivity contribution in [2.75, 3.05) is 0 Å². The minimum absolute atomic E-state index is 0.517. The Hall–Kier alpha value is -7.76. The van der Waals surface area contributed by atoms with Gasteiger partial charge in [0.25, 0.3) is 0 Å². The first-order valence-electron chi connectivity index (χ1n) is 19.1. The van der Waals surface area contributed by atoms with Gasteiger partial charge < -0.3 is 4.42 Å². The number of hydrogen-bond acceptors (Lipinski definition) is 5. The summed E-state index contributed by atoms with van der Waals surface area (Å²) in [6.45, 7) is 0. The maximum atomic E-state index is 7.01. The summed E-state index contributed by atoms with van der Waals surface area (Å²) in [6.07, 6.45) is 0. The molecular weight excluding hydrogens is 697 g/mol. The van der Waals surface area contributed by atoms with Crippen LogP contribution in [0, 0.1) is 0 Å². The van der Waals surface area contributed by atoms with E-state index in [4.69, 9.17) is 24.4 Å². The van der Waals surface area contributed by atoms with E-state index in [0.29, 0.717) is 23.1 Å². The number of benzene rings is 8. The molecule has 0 aliphatic heterocycles. The van der Waals surface area contributed by atoms with Crippen LogP contribution >= 0.6 is 0 Å². The minimum atomic E-state index is 0.517. The molecule has 0 fully saturated rings. The third-order valence-electron chi connectivity index (χ3n) is 10.7. The zero-order valence-electron chi connectivity index (χ0n) is 30.7. The zero-order valence-corrected chi connectivity index (χ0v) is 30.7. The molecule has 0 spiro atoms. The summed E-state index contributed by atoms with van der Waals surface area (Å²) in [5.74, 6) is 1.67. The number of aromatic nitrogens is 4. The second-order valence-electron chi connectivity index (χ2n) is 14.2. The van der Waals surface area contributed by atoms with Crippen molar-refractivity contribution < 1.29 is 4.42 Å². The topological polar surface area (TPSA) is 64.7 Å². The Kier molecular flexibility index (Phi) is 7.74.